The average Bonchev–Trinajstić information content (AvgIpc) is 2.33. The maximum atomic E-state index is 7.14. The van der Waals surface area contributed by atoms with Gasteiger partial charge in [0.1, 0.15) is 11.5 Å². The summed E-state index contributed by atoms with van der Waals surface area (Å²) < 4.78 is 5.63. The van der Waals surface area contributed by atoms with Gasteiger partial charge in [0.15, 0.2) is 5.96 Å². The molecule has 2 rings (SSSR count). The molecule has 0 saturated heterocycles. The molecule has 0 aliphatic rings. The molecule has 18 heavy (non-hydrogen) atoms. The van der Waals surface area contributed by atoms with Gasteiger partial charge in [-0.15, -0.1) is 0 Å². The minimum atomic E-state index is -0.154. The Bertz CT molecular complexity index is 554. The van der Waals surface area contributed by atoms with Crippen LogP contribution in [0.5, 0.6) is 11.5 Å². The third-order valence-corrected chi connectivity index (χ3v) is 2.27. The molecule has 6 N–H and O–H groups in total. The standard InChI is InChI=1S/C13H14N4O/c14-11-8-10(6-7-12(11)17-13(15)16)18-9-4-2-1-3-5-9/h1-8H,14H2,(H4,15,16,17). The highest BCUT2D eigenvalue weighted by molar-refractivity contribution is 5.93. The number of rotatable bonds is 3. The molecule has 0 aromatic heterocycles. The predicted octanol–water partition coefficient (Wildman–Crippen LogP) is 2.37. The number of benzene rings is 2. The van der Waals surface area contributed by atoms with Crippen molar-refractivity contribution in [1.82, 2.24) is 0 Å². The van der Waals surface area contributed by atoms with E-state index >= 15 is 0 Å². The summed E-state index contributed by atoms with van der Waals surface area (Å²) in [5.74, 6) is 1.22. The number of nitrogens with one attached hydrogen (secondary N) is 2. The second kappa shape index (κ2) is 5.09. The zero-order valence-electron chi connectivity index (χ0n) is 9.68. The maximum absolute atomic E-state index is 7.14. The lowest BCUT2D eigenvalue weighted by Gasteiger charge is -2.10. The molecule has 0 spiro atoms. The summed E-state index contributed by atoms with van der Waals surface area (Å²) in [5, 5.41) is 9.79. The van der Waals surface area contributed by atoms with Gasteiger partial charge in [-0.25, -0.2) is 0 Å². The van der Waals surface area contributed by atoms with E-state index in [1.54, 1.807) is 18.2 Å². The Balaban J connectivity index is 2.16. The molecule has 2 aromatic carbocycles. The van der Waals surface area contributed by atoms with Crippen LogP contribution >= 0.6 is 0 Å². The van der Waals surface area contributed by atoms with Gasteiger partial charge in [0.25, 0.3) is 0 Å². The molecule has 0 bridgehead atoms. The van der Waals surface area contributed by atoms with E-state index in [4.69, 9.17) is 21.6 Å². The Morgan fingerprint density at radius 3 is 2.39 bits per heavy atom. The van der Waals surface area contributed by atoms with Crippen LogP contribution in [0, 0.1) is 5.41 Å². The SMILES string of the molecule is N=C(N)Nc1ccc(Oc2ccccc2)cc1N. The molecule has 0 aliphatic carbocycles. The quantitative estimate of drug-likeness (QED) is 0.377. The Morgan fingerprint density at radius 2 is 1.78 bits per heavy atom. The van der Waals surface area contributed by atoms with E-state index in [1.807, 2.05) is 30.3 Å². The number of guanidine groups is 1. The summed E-state index contributed by atoms with van der Waals surface area (Å²) in [5.41, 5.74) is 12.1. The number of ether oxygens (including phenoxy) is 1. The minimum Gasteiger partial charge on any atom is -0.457 e. The lowest BCUT2D eigenvalue weighted by Crippen LogP contribution is -2.21. The topological polar surface area (TPSA) is 97.2 Å². The van der Waals surface area contributed by atoms with Gasteiger partial charge in [0.2, 0.25) is 0 Å². The predicted molar refractivity (Wildman–Crippen MR) is 72.9 cm³/mol. The number of hydrogen-bond donors (Lipinski definition) is 4. The highest BCUT2D eigenvalue weighted by atomic mass is 16.5. The van der Waals surface area contributed by atoms with Crippen molar-refractivity contribution in [1.29, 1.82) is 5.41 Å². The molecule has 2 aromatic rings. The van der Waals surface area contributed by atoms with E-state index in [0.29, 0.717) is 17.1 Å². The van der Waals surface area contributed by atoms with Crippen molar-refractivity contribution < 1.29 is 4.74 Å². The number of nitrogens with two attached hydrogens (primary N) is 2. The van der Waals surface area contributed by atoms with Crippen molar-refractivity contribution in [2.75, 3.05) is 11.1 Å². The molecule has 0 atom stereocenters. The molecule has 0 amide bonds. The number of para-hydroxylation sites is 1. The largest absolute Gasteiger partial charge is 0.457 e. The first kappa shape index (κ1) is 11.8. The second-order valence-electron chi connectivity index (χ2n) is 3.70. The van der Waals surface area contributed by atoms with Crippen LogP contribution in [0.3, 0.4) is 0 Å². The van der Waals surface area contributed by atoms with Gasteiger partial charge in [-0.1, -0.05) is 18.2 Å². The van der Waals surface area contributed by atoms with Crippen LogP contribution in [0.25, 0.3) is 0 Å². The third kappa shape index (κ3) is 2.91. The van der Waals surface area contributed by atoms with Gasteiger partial charge in [-0.2, -0.15) is 0 Å². The molecule has 92 valence electrons. The van der Waals surface area contributed by atoms with Gasteiger partial charge in [0.05, 0.1) is 11.4 Å². The highest BCUT2D eigenvalue weighted by Gasteiger charge is 2.03. The Morgan fingerprint density at radius 1 is 1.06 bits per heavy atom. The van der Waals surface area contributed by atoms with E-state index in [2.05, 4.69) is 5.32 Å². The Kier molecular flexibility index (Phi) is 3.33. The second-order valence-corrected chi connectivity index (χ2v) is 3.70. The van der Waals surface area contributed by atoms with Crippen LogP contribution in [0.1, 0.15) is 0 Å². The Labute approximate surface area is 105 Å². The normalized spacial score (nSPS) is 9.78. The van der Waals surface area contributed by atoms with Crippen LogP contribution in [0.4, 0.5) is 11.4 Å². The van der Waals surface area contributed by atoms with Crippen LogP contribution in [-0.4, -0.2) is 5.96 Å². The molecule has 5 heteroatoms. The van der Waals surface area contributed by atoms with Crippen LogP contribution < -0.4 is 21.5 Å². The first-order valence-corrected chi connectivity index (χ1v) is 5.38. The van der Waals surface area contributed by atoms with E-state index < -0.39 is 0 Å². The smallest absolute Gasteiger partial charge is 0.190 e. The first-order chi connectivity index (χ1) is 8.65. The number of nitrogen functional groups attached to an aromatic ring is 1. The minimum absolute atomic E-state index is 0.154. The molecule has 0 fully saturated rings. The van der Waals surface area contributed by atoms with Crippen LogP contribution in [-0.2, 0) is 0 Å². The van der Waals surface area contributed by atoms with Crippen molar-refractivity contribution >= 4 is 17.3 Å². The lowest BCUT2D eigenvalue weighted by atomic mass is 10.2. The molecular weight excluding hydrogens is 228 g/mol. The van der Waals surface area contributed by atoms with Crippen molar-refractivity contribution in [3.05, 3.63) is 48.5 Å². The fourth-order valence-corrected chi connectivity index (χ4v) is 1.49. The van der Waals surface area contributed by atoms with E-state index in [9.17, 15) is 0 Å². The van der Waals surface area contributed by atoms with E-state index in [-0.39, 0.29) is 5.96 Å². The first-order valence-electron chi connectivity index (χ1n) is 5.38. The molecular formula is C13H14N4O. The molecule has 0 heterocycles. The van der Waals surface area contributed by atoms with Gasteiger partial charge in [0, 0.05) is 6.07 Å². The molecule has 0 unspecified atom stereocenters. The summed E-state index contributed by atoms with van der Waals surface area (Å²) in [6.45, 7) is 0. The summed E-state index contributed by atoms with van der Waals surface area (Å²) >= 11 is 0. The Hall–Kier alpha value is -2.69. The summed E-state index contributed by atoms with van der Waals surface area (Å²) in [6.07, 6.45) is 0. The van der Waals surface area contributed by atoms with Crippen molar-refractivity contribution in [3.8, 4) is 11.5 Å². The lowest BCUT2D eigenvalue weighted by molar-refractivity contribution is 0.483. The van der Waals surface area contributed by atoms with Crippen molar-refractivity contribution in [2.45, 2.75) is 0 Å². The monoisotopic (exact) mass is 242 g/mol. The molecule has 0 aliphatic heterocycles. The average molecular weight is 242 g/mol. The fourth-order valence-electron chi connectivity index (χ4n) is 1.49. The maximum Gasteiger partial charge on any atom is 0.190 e. The van der Waals surface area contributed by atoms with E-state index in [1.165, 1.54) is 0 Å². The van der Waals surface area contributed by atoms with Gasteiger partial charge in [-0.05, 0) is 24.3 Å². The summed E-state index contributed by atoms with van der Waals surface area (Å²) in [6, 6.07) is 14.6. The van der Waals surface area contributed by atoms with Gasteiger partial charge in [-0.3, -0.25) is 5.41 Å². The zero-order valence-corrected chi connectivity index (χ0v) is 9.68. The number of anilines is 2. The summed E-state index contributed by atoms with van der Waals surface area (Å²) in [7, 11) is 0. The zero-order chi connectivity index (χ0) is 13.0. The molecule has 0 radical (unpaired) electrons. The molecule has 5 nitrogen and oxygen atoms in total. The van der Waals surface area contributed by atoms with Crippen molar-refractivity contribution in [3.63, 3.8) is 0 Å². The summed E-state index contributed by atoms with van der Waals surface area (Å²) in [4.78, 5) is 0. The van der Waals surface area contributed by atoms with Crippen molar-refractivity contribution in [2.24, 2.45) is 5.73 Å². The van der Waals surface area contributed by atoms with Gasteiger partial charge >= 0.3 is 0 Å². The third-order valence-electron chi connectivity index (χ3n) is 2.27. The fraction of sp³-hybridized carbons (Fsp3) is 0. The van der Waals surface area contributed by atoms with Crippen LogP contribution in [0.2, 0.25) is 0 Å². The van der Waals surface area contributed by atoms with Crippen LogP contribution in [0.15, 0.2) is 48.5 Å². The molecule has 0 saturated carbocycles. The highest BCUT2D eigenvalue weighted by Crippen LogP contribution is 2.27. The van der Waals surface area contributed by atoms with Gasteiger partial charge < -0.3 is 21.5 Å². The van der Waals surface area contributed by atoms with E-state index in [0.717, 1.165) is 5.75 Å². The number of hydrogen-bond acceptors (Lipinski definition) is 3.